The van der Waals surface area contributed by atoms with Crippen LogP contribution in [0.2, 0.25) is 0 Å². The molecule has 4 unspecified atom stereocenters. The third-order valence-corrected chi connectivity index (χ3v) is 7.20. The molecule has 226 valence electrons. The number of hydrogen-bond acceptors (Lipinski definition) is 6. The first kappa shape index (κ1) is 30.8. The number of fused-ring (bicyclic) bond motifs is 1. The maximum atomic E-state index is 13.8. The van der Waals surface area contributed by atoms with E-state index < -0.39 is 41.5 Å². The predicted molar refractivity (Wildman–Crippen MR) is 151 cm³/mol. The van der Waals surface area contributed by atoms with Crippen LogP contribution in [0.4, 0.5) is 18.4 Å². The molecular weight excluding hydrogens is 548 g/mol. The highest BCUT2D eigenvalue weighted by Crippen LogP contribution is 2.37. The monoisotopic (exact) mass is 585 g/mol. The summed E-state index contributed by atoms with van der Waals surface area (Å²) in [6.07, 6.45) is 0.956. The lowest BCUT2D eigenvalue weighted by molar-refractivity contribution is -0.135. The molecule has 0 saturated carbocycles. The minimum Gasteiger partial charge on any atom is -0.493 e. The van der Waals surface area contributed by atoms with E-state index in [1.165, 1.54) is 6.07 Å². The van der Waals surface area contributed by atoms with E-state index in [9.17, 15) is 23.2 Å². The van der Waals surface area contributed by atoms with Gasteiger partial charge >= 0.3 is 12.2 Å². The molecule has 0 spiro atoms. The Morgan fingerprint density at radius 3 is 2.50 bits per heavy atom. The number of benzene rings is 2. The number of nitrogens with zero attached hydrogens (tertiary/aromatic N) is 2. The molecule has 2 aromatic carbocycles. The molecule has 2 fully saturated rings. The van der Waals surface area contributed by atoms with Gasteiger partial charge in [0.05, 0.1) is 18.7 Å². The van der Waals surface area contributed by atoms with Gasteiger partial charge in [-0.3, -0.25) is 4.79 Å². The Bertz CT molecular complexity index is 1290. The summed E-state index contributed by atoms with van der Waals surface area (Å²) >= 11 is 0. The highest BCUT2D eigenvalue weighted by Gasteiger charge is 2.53. The molecular formula is C31H37F2N3O6. The van der Waals surface area contributed by atoms with Crippen molar-refractivity contribution < 1.29 is 37.4 Å². The second-order valence-corrected chi connectivity index (χ2v) is 11.4. The molecule has 2 aliphatic heterocycles. The lowest BCUT2D eigenvalue weighted by atomic mass is 9.99. The van der Waals surface area contributed by atoms with Crippen LogP contribution in [0, 0.1) is 17.6 Å². The molecule has 4 atom stereocenters. The van der Waals surface area contributed by atoms with Gasteiger partial charge in [0.1, 0.15) is 24.0 Å². The molecule has 2 aromatic rings. The lowest BCUT2D eigenvalue weighted by Crippen LogP contribution is -2.53. The van der Waals surface area contributed by atoms with Crippen LogP contribution in [0.3, 0.4) is 0 Å². The summed E-state index contributed by atoms with van der Waals surface area (Å²) < 4.78 is 44.0. The first-order valence-corrected chi connectivity index (χ1v) is 13.9. The predicted octanol–water partition coefficient (Wildman–Crippen LogP) is 5.05. The number of amides is 3. The normalized spacial score (nSPS) is 20.5. The fourth-order valence-corrected chi connectivity index (χ4v) is 5.43. The summed E-state index contributed by atoms with van der Waals surface area (Å²) in [5.41, 5.74) is 0.0855. The molecule has 9 nitrogen and oxygen atoms in total. The number of likely N-dealkylation sites (tertiary alicyclic amines) is 2. The van der Waals surface area contributed by atoms with Gasteiger partial charge < -0.3 is 29.3 Å². The Morgan fingerprint density at radius 2 is 1.83 bits per heavy atom. The SMILES string of the molecule is C=CCC(NC(=O)OC(C)(C)C)C(=O)N1CCC2C1C(COc1ccc(F)c(F)c1)CN2C(=O)OCc1ccccc1. The molecule has 0 aromatic heterocycles. The van der Waals surface area contributed by atoms with Gasteiger partial charge in [0, 0.05) is 25.1 Å². The largest absolute Gasteiger partial charge is 0.493 e. The molecule has 2 aliphatic rings. The van der Waals surface area contributed by atoms with Crippen molar-refractivity contribution in [2.75, 3.05) is 19.7 Å². The lowest BCUT2D eigenvalue weighted by Gasteiger charge is -2.32. The number of alkyl carbamates (subject to hydrolysis) is 1. The highest BCUT2D eigenvalue weighted by atomic mass is 19.2. The average molecular weight is 586 g/mol. The van der Waals surface area contributed by atoms with Gasteiger partial charge in [0.25, 0.3) is 0 Å². The van der Waals surface area contributed by atoms with E-state index >= 15 is 0 Å². The fraction of sp³-hybridized carbons (Fsp3) is 0.452. The van der Waals surface area contributed by atoms with Crippen molar-refractivity contribution in [2.24, 2.45) is 5.92 Å². The minimum atomic E-state index is -1.04. The van der Waals surface area contributed by atoms with Crippen molar-refractivity contribution in [1.82, 2.24) is 15.1 Å². The molecule has 2 saturated heterocycles. The molecule has 11 heteroatoms. The zero-order valence-corrected chi connectivity index (χ0v) is 24.1. The number of rotatable bonds is 9. The van der Waals surface area contributed by atoms with Crippen LogP contribution >= 0.6 is 0 Å². The number of carbonyl (C=O) groups is 3. The van der Waals surface area contributed by atoms with E-state index in [-0.39, 0.29) is 49.8 Å². The van der Waals surface area contributed by atoms with E-state index in [1.807, 2.05) is 30.3 Å². The summed E-state index contributed by atoms with van der Waals surface area (Å²) in [7, 11) is 0. The van der Waals surface area contributed by atoms with Gasteiger partial charge in [0.2, 0.25) is 5.91 Å². The second kappa shape index (κ2) is 13.2. The van der Waals surface area contributed by atoms with Crippen molar-refractivity contribution in [1.29, 1.82) is 0 Å². The Kier molecular flexibility index (Phi) is 9.70. The van der Waals surface area contributed by atoms with Gasteiger partial charge in [-0.05, 0) is 51.3 Å². The molecule has 42 heavy (non-hydrogen) atoms. The third kappa shape index (κ3) is 7.57. The number of halogens is 2. The maximum absolute atomic E-state index is 13.8. The summed E-state index contributed by atoms with van der Waals surface area (Å²) in [5, 5.41) is 2.65. The molecule has 0 radical (unpaired) electrons. The van der Waals surface area contributed by atoms with E-state index in [0.717, 1.165) is 17.7 Å². The van der Waals surface area contributed by atoms with Gasteiger partial charge in [-0.25, -0.2) is 18.4 Å². The van der Waals surface area contributed by atoms with Crippen LogP contribution in [-0.2, 0) is 20.9 Å². The molecule has 0 bridgehead atoms. The second-order valence-electron chi connectivity index (χ2n) is 11.4. The first-order chi connectivity index (χ1) is 20.0. The highest BCUT2D eigenvalue weighted by molar-refractivity contribution is 5.86. The van der Waals surface area contributed by atoms with Crippen molar-refractivity contribution >= 4 is 18.1 Å². The zero-order chi connectivity index (χ0) is 30.4. The van der Waals surface area contributed by atoms with Crippen LogP contribution in [-0.4, -0.2) is 71.3 Å². The fourth-order valence-electron chi connectivity index (χ4n) is 5.43. The van der Waals surface area contributed by atoms with Gasteiger partial charge in [-0.1, -0.05) is 36.4 Å². The van der Waals surface area contributed by atoms with Gasteiger partial charge in [-0.2, -0.15) is 0 Å². The van der Waals surface area contributed by atoms with Crippen LogP contribution in [0.25, 0.3) is 0 Å². The molecule has 0 aliphatic carbocycles. The number of carbonyl (C=O) groups excluding carboxylic acids is 3. The Hall–Kier alpha value is -4.15. The van der Waals surface area contributed by atoms with E-state index in [4.69, 9.17) is 14.2 Å². The van der Waals surface area contributed by atoms with Gasteiger partial charge in [-0.15, -0.1) is 6.58 Å². The summed E-state index contributed by atoms with van der Waals surface area (Å²) in [4.78, 5) is 42.8. The number of hydrogen-bond donors (Lipinski definition) is 1. The minimum absolute atomic E-state index is 0.0318. The van der Waals surface area contributed by atoms with Crippen LogP contribution < -0.4 is 10.1 Å². The van der Waals surface area contributed by atoms with Crippen molar-refractivity contribution in [3.63, 3.8) is 0 Å². The van der Waals surface area contributed by atoms with Crippen molar-refractivity contribution in [3.05, 3.63) is 78.4 Å². The average Bonchev–Trinajstić information content (AvgIpc) is 3.52. The van der Waals surface area contributed by atoms with Crippen LogP contribution in [0.5, 0.6) is 5.75 Å². The molecule has 4 rings (SSSR count). The van der Waals surface area contributed by atoms with Crippen LogP contribution in [0.1, 0.15) is 39.2 Å². The molecule has 2 heterocycles. The van der Waals surface area contributed by atoms with Crippen LogP contribution in [0.15, 0.2) is 61.2 Å². The number of ether oxygens (including phenoxy) is 3. The quantitative estimate of drug-likeness (QED) is 0.414. The third-order valence-electron chi connectivity index (χ3n) is 7.20. The maximum Gasteiger partial charge on any atom is 0.410 e. The standard InChI is InChI=1S/C31H37F2N3O6/c1-5-9-25(34-29(38)42-31(2,3)4)28(37)35-15-14-26-27(35)21(19-40-22-12-13-23(32)24(33)16-22)17-36(26)30(39)41-18-20-10-7-6-8-11-20/h5-8,10-13,16,21,25-27H,1,9,14-15,17-19H2,2-4H3,(H,34,38). The summed E-state index contributed by atoms with van der Waals surface area (Å²) in [6.45, 7) is 9.58. The van der Waals surface area contributed by atoms with Gasteiger partial charge in [0.15, 0.2) is 11.6 Å². The topological polar surface area (TPSA) is 97.4 Å². The Balaban J connectivity index is 1.52. The Morgan fingerprint density at radius 1 is 1.10 bits per heavy atom. The first-order valence-electron chi connectivity index (χ1n) is 13.9. The molecule has 1 N–H and O–H groups in total. The molecule has 3 amide bonds. The van der Waals surface area contributed by atoms with E-state index in [1.54, 1.807) is 36.6 Å². The number of nitrogens with one attached hydrogen (secondary N) is 1. The van der Waals surface area contributed by atoms with Crippen molar-refractivity contribution in [2.45, 2.75) is 63.9 Å². The summed E-state index contributed by atoms with van der Waals surface area (Å²) in [6, 6.07) is 10.8. The smallest absolute Gasteiger partial charge is 0.410 e. The van der Waals surface area contributed by atoms with Crippen molar-refractivity contribution in [3.8, 4) is 5.75 Å². The Labute approximate surface area is 244 Å². The van der Waals surface area contributed by atoms with E-state index in [0.29, 0.717) is 13.0 Å². The summed E-state index contributed by atoms with van der Waals surface area (Å²) in [5.74, 6) is -2.62. The zero-order valence-electron chi connectivity index (χ0n) is 24.1. The van der Waals surface area contributed by atoms with E-state index in [2.05, 4.69) is 11.9 Å².